The van der Waals surface area contributed by atoms with E-state index in [9.17, 15) is 15.3 Å². The molecule has 2 aromatic heterocycles. The van der Waals surface area contributed by atoms with Crippen LogP contribution in [0.3, 0.4) is 0 Å². The van der Waals surface area contributed by atoms with Crippen molar-refractivity contribution in [2.75, 3.05) is 12.3 Å². The molecule has 9 nitrogen and oxygen atoms in total. The molecule has 22 heavy (non-hydrogen) atoms. The monoisotopic (exact) mass is 307 g/mol. The van der Waals surface area contributed by atoms with E-state index >= 15 is 0 Å². The molecule has 4 atom stereocenters. The Kier molecular flexibility index (Phi) is 3.37. The summed E-state index contributed by atoms with van der Waals surface area (Å²) in [5.74, 6) is 0.187. The number of anilines is 1. The summed E-state index contributed by atoms with van der Waals surface area (Å²) in [6.07, 6.45) is -0.930. The maximum atomic E-state index is 10.5. The number of aromatic nitrogens is 4. The van der Waals surface area contributed by atoms with E-state index < -0.39 is 30.6 Å². The Morgan fingerprint density at radius 3 is 2.77 bits per heavy atom. The smallest absolute Gasteiger partial charge is 0.198 e. The minimum Gasteiger partial charge on any atom is -0.394 e. The summed E-state index contributed by atoms with van der Waals surface area (Å²) < 4.78 is 7.20. The summed E-state index contributed by atoms with van der Waals surface area (Å²) in [7, 11) is 0. The van der Waals surface area contributed by atoms with Crippen molar-refractivity contribution in [1.29, 1.82) is 0 Å². The van der Waals surface area contributed by atoms with Crippen molar-refractivity contribution in [2.24, 2.45) is 0 Å². The molecule has 0 spiro atoms. The molecule has 1 saturated heterocycles. The van der Waals surface area contributed by atoms with Crippen LogP contribution in [0.2, 0.25) is 0 Å². The summed E-state index contributed by atoms with van der Waals surface area (Å²) in [5.41, 5.74) is 5.37. The van der Waals surface area contributed by atoms with Gasteiger partial charge in [0.1, 0.15) is 30.2 Å². The molecule has 0 unspecified atom stereocenters. The highest BCUT2D eigenvalue weighted by Crippen LogP contribution is 2.42. The third kappa shape index (κ3) is 1.77. The molecule has 1 aliphatic rings. The van der Waals surface area contributed by atoms with E-state index in [1.54, 1.807) is 6.92 Å². The van der Waals surface area contributed by atoms with Gasteiger partial charge in [0.05, 0.1) is 12.9 Å². The van der Waals surface area contributed by atoms with Crippen molar-refractivity contribution in [3.05, 3.63) is 24.8 Å². The summed E-state index contributed by atoms with van der Waals surface area (Å²) >= 11 is 0. The van der Waals surface area contributed by atoms with Gasteiger partial charge in [0.25, 0.3) is 0 Å². The fraction of sp³-hybridized carbons (Fsp3) is 0.462. The average molecular weight is 307 g/mol. The van der Waals surface area contributed by atoms with Crippen LogP contribution in [0.5, 0.6) is 0 Å². The van der Waals surface area contributed by atoms with Gasteiger partial charge in [0, 0.05) is 0 Å². The Morgan fingerprint density at radius 2 is 2.18 bits per heavy atom. The van der Waals surface area contributed by atoms with Crippen LogP contribution in [0.1, 0.15) is 6.92 Å². The van der Waals surface area contributed by atoms with Crippen molar-refractivity contribution < 1.29 is 20.1 Å². The maximum Gasteiger partial charge on any atom is 0.198 e. The zero-order valence-corrected chi connectivity index (χ0v) is 11.9. The third-order valence-corrected chi connectivity index (χ3v) is 3.95. The van der Waals surface area contributed by atoms with Gasteiger partial charge in [-0.2, -0.15) is 0 Å². The molecule has 118 valence electrons. The summed E-state index contributed by atoms with van der Waals surface area (Å²) in [6.45, 7) is 5.04. The Morgan fingerprint density at radius 1 is 1.45 bits per heavy atom. The molecule has 0 bridgehead atoms. The van der Waals surface area contributed by atoms with E-state index in [-0.39, 0.29) is 5.82 Å². The van der Waals surface area contributed by atoms with E-state index in [1.807, 2.05) is 0 Å². The molecule has 9 heteroatoms. The molecule has 2 aromatic rings. The molecule has 0 radical (unpaired) electrons. The molecule has 0 amide bonds. The summed E-state index contributed by atoms with van der Waals surface area (Å²) in [5, 5.41) is 29.9. The predicted octanol–water partition coefficient (Wildman–Crippen LogP) is -1.25. The highest BCUT2D eigenvalue weighted by Gasteiger charge is 2.56. The number of rotatable bonds is 3. The lowest BCUT2D eigenvalue weighted by Crippen LogP contribution is -2.46. The second-order valence-electron chi connectivity index (χ2n) is 5.30. The molecule has 3 rings (SSSR count). The second kappa shape index (κ2) is 4.99. The van der Waals surface area contributed by atoms with Gasteiger partial charge in [-0.1, -0.05) is 6.58 Å². The first-order valence-electron chi connectivity index (χ1n) is 6.68. The third-order valence-electron chi connectivity index (χ3n) is 3.95. The van der Waals surface area contributed by atoms with E-state index in [0.29, 0.717) is 16.7 Å². The van der Waals surface area contributed by atoms with Gasteiger partial charge in [-0.15, -0.1) is 0 Å². The first-order valence-corrected chi connectivity index (χ1v) is 6.68. The molecular formula is C13H17N5O4. The second-order valence-corrected chi connectivity index (χ2v) is 5.30. The number of hydrogen-bond acceptors (Lipinski definition) is 8. The number of aliphatic hydroxyl groups is 3. The van der Waals surface area contributed by atoms with E-state index in [2.05, 4.69) is 21.5 Å². The number of fused-ring (bicyclic) bond motifs is 1. The van der Waals surface area contributed by atoms with Crippen LogP contribution in [-0.4, -0.2) is 59.8 Å². The fourth-order valence-corrected chi connectivity index (χ4v) is 2.80. The SMILES string of the molecule is C=C(C)[C@@]1(n2cnc3c(N)ncnc32)O[C@H](CO)[C@@H](O)[C@H]1O. The van der Waals surface area contributed by atoms with E-state index in [0.717, 1.165) is 0 Å². The minimum atomic E-state index is -1.50. The zero-order chi connectivity index (χ0) is 16.1. The number of hydrogen-bond donors (Lipinski definition) is 4. The van der Waals surface area contributed by atoms with Gasteiger partial charge in [0.15, 0.2) is 17.2 Å². The fourth-order valence-electron chi connectivity index (χ4n) is 2.80. The molecule has 0 saturated carbocycles. The molecule has 3 heterocycles. The molecule has 1 aliphatic heterocycles. The van der Waals surface area contributed by atoms with Crippen LogP contribution in [-0.2, 0) is 10.5 Å². The van der Waals surface area contributed by atoms with Gasteiger partial charge >= 0.3 is 0 Å². The van der Waals surface area contributed by atoms with Crippen LogP contribution in [0.25, 0.3) is 11.2 Å². The number of nitrogen functional groups attached to an aromatic ring is 1. The van der Waals surface area contributed by atoms with Crippen LogP contribution in [0.15, 0.2) is 24.8 Å². The Labute approximate surface area is 125 Å². The predicted molar refractivity (Wildman–Crippen MR) is 76.5 cm³/mol. The van der Waals surface area contributed by atoms with Gasteiger partial charge in [-0.3, -0.25) is 4.57 Å². The Bertz CT molecular complexity index is 732. The highest BCUT2D eigenvalue weighted by atomic mass is 16.6. The van der Waals surface area contributed by atoms with Crippen LogP contribution in [0, 0.1) is 0 Å². The summed E-state index contributed by atoms with van der Waals surface area (Å²) in [4.78, 5) is 12.1. The van der Waals surface area contributed by atoms with Crippen LogP contribution < -0.4 is 5.73 Å². The zero-order valence-electron chi connectivity index (χ0n) is 11.9. The lowest BCUT2D eigenvalue weighted by molar-refractivity contribution is -0.118. The lowest BCUT2D eigenvalue weighted by atomic mass is 9.96. The normalized spacial score (nSPS) is 31.7. The largest absolute Gasteiger partial charge is 0.394 e. The van der Waals surface area contributed by atoms with Gasteiger partial charge < -0.3 is 25.8 Å². The van der Waals surface area contributed by atoms with Crippen molar-refractivity contribution in [3.63, 3.8) is 0 Å². The van der Waals surface area contributed by atoms with E-state index in [4.69, 9.17) is 10.5 Å². The maximum absolute atomic E-state index is 10.5. The molecule has 0 aromatic carbocycles. The van der Waals surface area contributed by atoms with Crippen LogP contribution in [0.4, 0.5) is 5.82 Å². The van der Waals surface area contributed by atoms with Crippen molar-refractivity contribution in [3.8, 4) is 0 Å². The average Bonchev–Trinajstić information content (AvgIpc) is 3.02. The quantitative estimate of drug-likeness (QED) is 0.516. The van der Waals surface area contributed by atoms with Gasteiger partial charge in [-0.05, 0) is 12.5 Å². The Hall–Kier alpha value is -2.07. The molecule has 0 aliphatic carbocycles. The lowest BCUT2D eigenvalue weighted by Gasteiger charge is -2.34. The highest BCUT2D eigenvalue weighted by molar-refractivity contribution is 5.81. The van der Waals surface area contributed by atoms with Crippen molar-refractivity contribution >= 4 is 17.0 Å². The minimum absolute atomic E-state index is 0.187. The van der Waals surface area contributed by atoms with Gasteiger partial charge in [-0.25, -0.2) is 15.0 Å². The van der Waals surface area contributed by atoms with Crippen molar-refractivity contribution in [1.82, 2.24) is 19.5 Å². The molecular weight excluding hydrogens is 290 g/mol. The molecule has 5 N–H and O–H groups in total. The number of nitrogens with two attached hydrogens (primary N) is 1. The van der Waals surface area contributed by atoms with Crippen LogP contribution >= 0.6 is 0 Å². The number of imidazole rings is 1. The Balaban J connectivity index is 2.24. The first-order chi connectivity index (χ1) is 10.4. The number of aliphatic hydroxyl groups excluding tert-OH is 3. The number of ether oxygens (including phenoxy) is 1. The standard InChI is InChI=1S/C13H17N5O4/c1-6(2)13(10(21)9(20)7(3-19)22-13)18-5-17-8-11(14)15-4-16-12(8)18/h4-5,7,9-10,19-21H,1,3H2,2H3,(H2,14,15,16)/t7-,9-,10-,13-/m1/s1. The van der Waals surface area contributed by atoms with Gasteiger partial charge in [0.2, 0.25) is 0 Å². The summed E-state index contributed by atoms with van der Waals surface area (Å²) in [6, 6.07) is 0. The number of nitrogens with zero attached hydrogens (tertiary/aromatic N) is 4. The first kappa shape index (κ1) is 14.9. The van der Waals surface area contributed by atoms with E-state index in [1.165, 1.54) is 17.2 Å². The van der Waals surface area contributed by atoms with Crippen molar-refractivity contribution in [2.45, 2.75) is 31.0 Å². The topological polar surface area (TPSA) is 140 Å². The molecule has 1 fully saturated rings.